The van der Waals surface area contributed by atoms with Gasteiger partial charge in [0.1, 0.15) is 5.75 Å². The summed E-state index contributed by atoms with van der Waals surface area (Å²) >= 11 is 0. The van der Waals surface area contributed by atoms with Gasteiger partial charge in [0, 0.05) is 5.56 Å². The van der Waals surface area contributed by atoms with Gasteiger partial charge in [-0.2, -0.15) is 0 Å². The standard InChI is InChI=1S/C16H24O2/c1-12(2)14-9-10-16(18-4)15(11-14)8-6-5-7-13(3)17/h6,8-13,17H,5,7H2,1-4H3/b8-6+/t13-/m0/s1. The van der Waals surface area contributed by atoms with Crippen LogP contribution in [-0.2, 0) is 0 Å². The SMILES string of the molecule is COc1ccc(C(C)C)cc1/C=C/CC[C@H](C)O. The van der Waals surface area contributed by atoms with Crippen molar-refractivity contribution in [3.05, 3.63) is 35.4 Å². The van der Waals surface area contributed by atoms with Crippen LogP contribution in [0.1, 0.15) is 50.7 Å². The van der Waals surface area contributed by atoms with E-state index in [1.165, 1.54) is 5.56 Å². The summed E-state index contributed by atoms with van der Waals surface area (Å²) in [6.45, 7) is 6.18. The van der Waals surface area contributed by atoms with Crippen LogP contribution in [-0.4, -0.2) is 18.3 Å². The Morgan fingerprint density at radius 3 is 2.56 bits per heavy atom. The molecule has 100 valence electrons. The second kappa shape index (κ2) is 7.22. The molecule has 0 saturated heterocycles. The molecule has 0 saturated carbocycles. The first-order chi connectivity index (χ1) is 8.54. The van der Waals surface area contributed by atoms with Crippen LogP contribution in [0.3, 0.4) is 0 Å². The van der Waals surface area contributed by atoms with Gasteiger partial charge in [0.25, 0.3) is 0 Å². The summed E-state index contributed by atoms with van der Waals surface area (Å²) in [4.78, 5) is 0. The lowest BCUT2D eigenvalue weighted by Crippen LogP contribution is -1.97. The first-order valence-corrected chi connectivity index (χ1v) is 6.57. The minimum absolute atomic E-state index is 0.237. The van der Waals surface area contributed by atoms with E-state index in [1.807, 2.05) is 13.0 Å². The number of benzene rings is 1. The van der Waals surface area contributed by atoms with Crippen LogP contribution >= 0.6 is 0 Å². The van der Waals surface area contributed by atoms with Crippen LogP contribution in [0.4, 0.5) is 0 Å². The molecular formula is C16H24O2. The second-order valence-electron chi connectivity index (χ2n) is 4.98. The molecule has 1 aromatic carbocycles. The molecule has 1 aromatic rings. The van der Waals surface area contributed by atoms with Gasteiger partial charge in [0.05, 0.1) is 13.2 Å². The van der Waals surface area contributed by atoms with Gasteiger partial charge >= 0.3 is 0 Å². The fourth-order valence-corrected chi connectivity index (χ4v) is 1.79. The molecule has 0 fully saturated rings. The normalized spacial score (nSPS) is 13.2. The molecule has 1 N–H and O–H groups in total. The van der Waals surface area contributed by atoms with E-state index < -0.39 is 0 Å². The van der Waals surface area contributed by atoms with Crippen LogP contribution in [0.25, 0.3) is 6.08 Å². The number of allylic oxidation sites excluding steroid dienone is 1. The summed E-state index contributed by atoms with van der Waals surface area (Å²) in [5.41, 5.74) is 2.42. The maximum absolute atomic E-state index is 9.21. The number of hydrogen-bond acceptors (Lipinski definition) is 2. The van der Waals surface area contributed by atoms with Gasteiger partial charge in [0.2, 0.25) is 0 Å². The Balaban J connectivity index is 2.81. The summed E-state index contributed by atoms with van der Waals surface area (Å²) < 4.78 is 5.36. The summed E-state index contributed by atoms with van der Waals surface area (Å²) in [6.07, 6.45) is 5.61. The Bertz CT molecular complexity index is 392. The second-order valence-corrected chi connectivity index (χ2v) is 4.98. The predicted octanol–water partition coefficient (Wildman–Crippen LogP) is 3.99. The third-order valence-electron chi connectivity index (χ3n) is 2.97. The number of ether oxygens (including phenoxy) is 1. The van der Waals surface area contributed by atoms with Crippen molar-refractivity contribution in [2.24, 2.45) is 0 Å². The fourth-order valence-electron chi connectivity index (χ4n) is 1.79. The third kappa shape index (κ3) is 4.53. The van der Waals surface area contributed by atoms with Gasteiger partial charge in [-0.3, -0.25) is 0 Å². The minimum atomic E-state index is -0.237. The Morgan fingerprint density at radius 1 is 1.28 bits per heavy atom. The Morgan fingerprint density at radius 2 is 2.00 bits per heavy atom. The average molecular weight is 248 g/mol. The Kier molecular flexibility index (Phi) is 5.93. The first-order valence-electron chi connectivity index (χ1n) is 6.57. The molecular weight excluding hydrogens is 224 g/mol. The lowest BCUT2D eigenvalue weighted by molar-refractivity contribution is 0.186. The quantitative estimate of drug-likeness (QED) is 0.824. The van der Waals surface area contributed by atoms with Crippen LogP contribution in [0, 0.1) is 0 Å². The largest absolute Gasteiger partial charge is 0.496 e. The Labute approximate surface area is 110 Å². The molecule has 18 heavy (non-hydrogen) atoms. The smallest absolute Gasteiger partial charge is 0.126 e. The van der Waals surface area contributed by atoms with Crippen molar-refractivity contribution in [3.63, 3.8) is 0 Å². The topological polar surface area (TPSA) is 29.5 Å². The van der Waals surface area contributed by atoms with E-state index in [4.69, 9.17) is 4.74 Å². The van der Waals surface area contributed by atoms with E-state index in [0.29, 0.717) is 5.92 Å². The zero-order chi connectivity index (χ0) is 13.5. The summed E-state index contributed by atoms with van der Waals surface area (Å²) in [7, 11) is 1.69. The van der Waals surface area contributed by atoms with Crippen LogP contribution in [0.2, 0.25) is 0 Å². The molecule has 0 aromatic heterocycles. The Hall–Kier alpha value is -1.28. The van der Waals surface area contributed by atoms with E-state index in [-0.39, 0.29) is 6.10 Å². The average Bonchev–Trinajstić information content (AvgIpc) is 2.34. The van der Waals surface area contributed by atoms with Crippen LogP contribution in [0.5, 0.6) is 5.75 Å². The third-order valence-corrected chi connectivity index (χ3v) is 2.97. The number of aliphatic hydroxyl groups is 1. The highest BCUT2D eigenvalue weighted by Crippen LogP contribution is 2.25. The number of rotatable bonds is 6. The highest BCUT2D eigenvalue weighted by Gasteiger charge is 2.04. The lowest BCUT2D eigenvalue weighted by Gasteiger charge is -2.10. The predicted molar refractivity (Wildman–Crippen MR) is 77.0 cm³/mol. The fraction of sp³-hybridized carbons (Fsp3) is 0.500. The molecule has 2 heteroatoms. The molecule has 1 atom stereocenters. The maximum atomic E-state index is 9.21. The van der Waals surface area contributed by atoms with Crippen molar-refractivity contribution in [2.45, 2.75) is 45.6 Å². The molecule has 0 aliphatic rings. The van der Waals surface area contributed by atoms with Crippen molar-refractivity contribution < 1.29 is 9.84 Å². The van der Waals surface area contributed by atoms with E-state index in [0.717, 1.165) is 24.2 Å². The van der Waals surface area contributed by atoms with E-state index in [2.05, 4.69) is 38.1 Å². The zero-order valence-corrected chi connectivity index (χ0v) is 11.8. The lowest BCUT2D eigenvalue weighted by atomic mass is 10.00. The summed E-state index contributed by atoms with van der Waals surface area (Å²) in [6, 6.07) is 6.29. The van der Waals surface area contributed by atoms with Crippen molar-refractivity contribution >= 4 is 6.08 Å². The zero-order valence-electron chi connectivity index (χ0n) is 11.8. The van der Waals surface area contributed by atoms with Gasteiger partial charge in [-0.05, 0) is 43.4 Å². The molecule has 0 radical (unpaired) electrons. The van der Waals surface area contributed by atoms with Gasteiger partial charge in [-0.25, -0.2) is 0 Å². The molecule has 0 unspecified atom stereocenters. The van der Waals surface area contributed by atoms with E-state index >= 15 is 0 Å². The monoisotopic (exact) mass is 248 g/mol. The van der Waals surface area contributed by atoms with E-state index in [1.54, 1.807) is 7.11 Å². The highest BCUT2D eigenvalue weighted by molar-refractivity contribution is 5.58. The summed E-state index contributed by atoms with van der Waals surface area (Å²) in [5.74, 6) is 1.41. The van der Waals surface area contributed by atoms with Gasteiger partial charge in [0.15, 0.2) is 0 Å². The molecule has 0 spiro atoms. The minimum Gasteiger partial charge on any atom is -0.496 e. The molecule has 0 amide bonds. The number of methoxy groups -OCH3 is 1. The summed E-state index contributed by atoms with van der Waals surface area (Å²) in [5, 5.41) is 9.21. The molecule has 0 heterocycles. The van der Waals surface area contributed by atoms with Gasteiger partial charge in [-0.15, -0.1) is 0 Å². The maximum Gasteiger partial charge on any atom is 0.126 e. The number of aliphatic hydroxyl groups excluding tert-OH is 1. The first kappa shape index (κ1) is 14.8. The van der Waals surface area contributed by atoms with Crippen LogP contribution < -0.4 is 4.74 Å². The van der Waals surface area contributed by atoms with E-state index in [9.17, 15) is 5.11 Å². The molecule has 2 nitrogen and oxygen atoms in total. The van der Waals surface area contributed by atoms with Gasteiger partial charge < -0.3 is 9.84 Å². The van der Waals surface area contributed by atoms with Crippen molar-refractivity contribution in [1.82, 2.24) is 0 Å². The highest BCUT2D eigenvalue weighted by atomic mass is 16.5. The van der Waals surface area contributed by atoms with Crippen molar-refractivity contribution in [1.29, 1.82) is 0 Å². The van der Waals surface area contributed by atoms with Gasteiger partial charge in [-0.1, -0.05) is 32.1 Å². The van der Waals surface area contributed by atoms with Crippen molar-refractivity contribution in [3.8, 4) is 5.75 Å². The van der Waals surface area contributed by atoms with Crippen LogP contribution in [0.15, 0.2) is 24.3 Å². The molecule has 0 bridgehead atoms. The molecule has 0 aliphatic heterocycles. The number of hydrogen-bond donors (Lipinski definition) is 1. The van der Waals surface area contributed by atoms with Crippen molar-refractivity contribution in [2.75, 3.05) is 7.11 Å². The molecule has 1 rings (SSSR count). The molecule has 0 aliphatic carbocycles.